The summed E-state index contributed by atoms with van der Waals surface area (Å²) in [6, 6.07) is 20.3. The number of piperazine rings is 1. The molecular formula is C35H40N8O3. The van der Waals surface area contributed by atoms with E-state index >= 15 is 0 Å². The Bertz CT molecular complexity index is 1680. The van der Waals surface area contributed by atoms with Crippen molar-refractivity contribution >= 4 is 52.0 Å². The van der Waals surface area contributed by atoms with Crippen LogP contribution in [0.1, 0.15) is 18.1 Å². The molecular weight excluding hydrogens is 580 g/mol. The molecule has 1 aliphatic heterocycles. The minimum absolute atomic E-state index is 0.289. The second-order valence-corrected chi connectivity index (χ2v) is 11.0. The summed E-state index contributed by atoms with van der Waals surface area (Å²) >= 11 is 0. The fourth-order valence-electron chi connectivity index (χ4n) is 5.41. The Morgan fingerprint density at radius 3 is 2.28 bits per heavy atom. The van der Waals surface area contributed by atoms with Crippen molar-refractivity contribution in [2.24, 2.45) is 0 Å². The van der Waals surface area contributed by atoms with Crippen LogP contribution in [-0.2, 0) is 4.79 Å². The molecule has 4 aromatic rings. The quantitative estimate of drug-likeness (QED) is 0.173. The van der Waals surface area contributed by atoms with Crippen LogP contribution < -0.4 is 30.5 Å². The van der Waals surface area contributed by atoms with Crippen LogP contribution in [0.3, 0.4) is 0 Å². The van der Waals surface area contributed by atoms with Crippen LogP contribution in [0.5, 0.6) is 5.75 Å². The molecule has 46 heavy (non-hydrogen) atoms. The number of carbonyl (C=O) groups is 2. The van der Waals surface area contributed by atoms with Gasteiger partial charge in [0.15, 0.2) is 0 Å². The van der Waals surface area contributed by atoms with E-state index in [0.29, 0.717) is 28.6 Å². The number of aryl methyl sites for hydroxylation is 2. The number of hydrogen-bond donors (Lipinski definition) is 3. The number of methoxy groups -OCH3 is 1. The molecule has 0 atom stereocenters. The maximum Gasteiger partial charge on any atom is 0.332 e. The number of benzene rings is 3. The predicted octanol–water partition coefficient (Wildman–Crippen LogP) is 6.48. The van der Waals surface area contributed by atoms with Gasteiger partial charge in [-0.15, -0.1) is 0 Å². The topological polar surface area (TPSA) is 115 Å². The van der Waals surface area contributed by atoms with Gasteiger partial charge in [0.2, 0.25) is 5.91 Å². The number of nitrogens with zero attached hydrogens (tertiary/aromatic N) is 5. The van der Waals surface area contributed by atoms with E-state index in [2.05, 4.69) is 61.4 Å². The van der Waals surface area contributed by atoms with Crippen molar-refractivity contribution in [1.82, 2.24) is 14.9 Å². The van der Waals surface area contributed by atoms with Gasteiger partial charge >= 0.3 is 6.03 Å². The van der Waals surface area contributed by atoms with E-state index in [1.165, 1.54) is 30.1 Å². The Balaban J connectivity index is 1.46. The summed E-state index contributed by atoms with van der Waals surface area (Å²) in [5, 5.41) is 9.14. The molecule has 3 amide bonds. The van der Waals surface area contributed by atoms with Gasteiger partial charge in [-0.05, 0) is 80.1 Å². The first-order chi connectivity index (χ1) is 22.3. The van der Waals surface area contributed by atoms with Crippen molar-refractivity contribution in [1.29, 1.82) is 0 Å². The van der Waals surface area contributed by atoms with E-state index in [0.717, 1.165) is 49.5 Å². The van der Waals surface area contributed by atoms with E-state index in [-0.39, 0.29) is 11.7 Å². The van der Waals surface area contributed by atoms with Crippen LogP contribution >= 0.6 is 0 Å². The number of aromatic nitrogens is 2. The standard InChI is InChI=1S/C35H40N8O3/c1-6-33(44)39-27-13-16-30(46-5)29(21-27)43(35(45)40-34-24(3)9-8-10-25(34)4)32-22-31(36-23-37-32)38-26-11-14-28(15-12-26)42-19-17-41(7-2)18-20-42/h6,8-16,21-23H,1,7,17-20H2,2-5H3,(H,39,44)(H,40,45)(H,36,37,38). The molecule has 1 aliphatic rings. The molecule has 0 aliphatic carbocycles. The SMILES string of the molecule is C=CC(=O)Nc1ccc(OC)c(N(C(=O)Nc2c(C)cccc2C)c2cc(Nc3ccc(N4CCN(CC)CC4)cc3)ncn2)c1. The van der Waals surface area contributed by atoms with Gasteiger partial charge in [-0.3, -0.25) is 4.79 Å². The zero-order valence-corrected chi connectivity index (χ0v) is 26.7. The maximum absolute atomic E-state index is 14.1. The molecule has 0 bridgehead atoms. The molecule has 11 heteroatoms. The summed E-state index contributed by atoms with van der Waals surface area (Å²) in [6.45, 7) is 14.8. The van der Waals surface area contributed by atoms with Crippen LogP contribution in [0.15, 0.2) is 85.7 Å². The smallest absolute Gasteiger partial charge is 0.332 e. The highest BCUT2D eigenvalue weighted by atomic mass is 16.5. The third-order valence-electron chi connectivity index (χ3n) is 7.99. The zero-order chi connectivity index (χ0) is 32.6. The molecule has 3 N–H and O–H groups in total. The van der Waals surface area contributed by atoms with Crippen molar-refractivity contribution in [3.63, 3.8) is 0 Å². The lowest BCUT2D eigenvalue weighted by Gasteiger charge is -2.35. The van der Waals surface area contributed by atoms with Gasteiger partial charge in [-0.1, -0.05) is 31.7 Å². The number of rotatable bonds is 10. The normalized spacial score (nSPS) is 13.1. The van der Waals surface area contributed by atoms with E-state index in [1.54, 1.807) is 24.3 Å². The first-order valence-electron chi connectivity index (χ1n) is 15.2. The third kappa shape index (κ3) is 7.44. The summed E-state index contributed by atoms with van der Waals surface area (Å²) < 4.78 is 5.66. The second kappa shape index (κ2) is 14.6. The van der Waals surface area contributed by atoms with Crippen molar-refractivity contribution in [2.45, 2.75) is 20.8 Å². The first kappa shape index (κ1) is 32.0. The van der Waals surface area contributed by atoms with Gasteiger partial charge in [0.1, 0.15) is 23.7 Å². The summed E-state index contributed by atoms with van der Waals surface area (Å²) in [4.78, 5) is 41.4. The number of para-hydroxylation sites is 1. The number of amides is 3. The van der Waals surface area contributed by atoms with Crippen LogP contribution in [0.2, 0.25) is 0 Å². The predicted molar refractivity (Wildman–Crippen MR) is 185 cm³/mol. The average molecular weight is 621 g/mol. The Kier molecular flexibility index (Phi) is 10.1. The molecule has 5 rings (SSSR count). The molecule has 0 spiro atoms. The van der Waals surface area contributed by atoms with Gasteiger partial charge in [0.25, 0.3) is 0 Å². The molecule has 1 aromatic heterocycles. The Morgan fingerprint density at radius 1 is 0.935 bits per heavy atom. The van der Waals surface area contributed by atoms with Gasteiger partial charge in [0.05, 0.1) is 12.8 Å². The summed E-state index contributed by atoms with van der Waals surface area (Å²) in [6.07, 6.45) is 2.57. The summed E-state index contributed by atoms with van der Waals surface area (Å²) in [5.41, 5.74) is 5.35. The van der Waals surface area contributed by atoms with Gasteiger partial charge < -0.3 is 30.5 Å². The fourth-order valence-corrected chi connectivity index (χ4v) is 5.41. The van der Waals surface area contributed by atoms with E-state index in [9.17, 15) is 9.59 Å². The summed E-state index contributed by atoms with van der Waals surface area (Å²) in [5.74, 6) is 0.800. The number of anilines is 7. The summed E-state index contributed by atoms with van der Waals surface area (Å²) in [7, 11) is 1.52. The van der Waals surface area contributed by atoms with Crippen molar-refractivity contribution in [3.8, 4) is 5.75 Å². The van der Waals surface area contributed by atoms with Crippen molar-refractivity contribution < 1.29 is 14.3 Å². The number of ether oxygens (including phenoxy) is 1. The Morgan fingerprint density at radius 2 is 1.63 bits per heavy atom. The van der Waals surface area contributed by atoms with Crippen LogP contribution in [-0.4, -0.2) is 66.6 Å². The maximum atomic E-state index is 14.1. The highest BCUT2D eigenvalue weighted by molar-refractivity contribution is 6.09. The molecule has 238 valence electrons. The molecule has 2 heterocycles. The first-order valence-corrected chi connectivity index (χ1v) is 15.2. The lowest BCUT2D eigenvalue weighted by molar-refractivity contribution is -0.111. The molecule has 0 saturated carbocycles. The highest BCUT2D eigenvalue weighted by Gasteiger charge is 2.25. The van der Waals surface area contributed by atoms with Crippen LogP contribution in [0.4, 0.5) is 44.9 Å². The zero-order valence-electron chi connectivity index (χ0n) is 26.7. The Hall–Kier alpha value is -5.42. The molecule has 0 unspecified atom stereocenters. The van der Waals surface area contributed by atoms with Crippen LogP contribution in [0.25, 0.3) is 0 Å². The largest absolute Gasteiger partial charge is 0.495 e. The monoisotopic (exact) mass is 620 g/mol. The highest BCUT2D eigenvalue weighted by Crippen LogP contribution is 2.37. The van der Waals surface area contributed by atoms with Gasteiger partial charge in [0, 0.05) is 55.0 Å². The van der Waals surface area contributed by atoms with E-state index < -0.39 is 6.03 Å². The fraction of sp³-hybridized carbons (Fsp3) is 0.257. The third-order valence-corrected chi connectivity index (χ3v) is 7.99. The van der Waals surface area contributed by atoms with Crippen molar-refractivity contribution in [2.75, 3.05) is 65.6 Å². The number of carbonyl (C=O) groups excluding carboxylic acids is 2. The molecule has 3 aromatic carbocycles. The Labute approximate surface area is 269 Å². The molecule has 1 fully saturated rings. The number of urea groups is 1. The van der Waals surface area contributed by atoms with E-state index in [1.807, 2.05) is 44.2 Å². The average Bonchev–Trinajstić information content (AvgIpc) is 3.07. The lowest BCUT2D eigenvalue weighted by Crippen LogP contribution is -2.46. The van der Waals surface area contributed by atoms with Gasteiger partial charge in [-0.25, -0.2) is 19.7 Å². The van der Waals surface area contributed by atoms with Gasteiger partial charge in [-0.2, -0.15) is 0 Å². The number of hydrogen-bond acceptors (Lipinski definition) is 8. The lowest BCUT2D eigenvalue weighted by atomic mass is 10.1. The van der Waals surface area contributed by atoms with Crippen molar-refractivity contribution in [3.05, 3.63) is 96.8 Å². The number of likely N-dealkylation sites (N-methyl/N-ethyl adjacent to an activating group) is 1. The van der Waals surface area contributed by atoms with E-state index in [4.69, 9.17) is 4.74 Å². The number of nitrogens with one attached hydrogen (secondary N) is 3. The molecule has 11 nitrogen and oxygen atoms in total. The minimum atomic E-state index is -0.472. The minimum Gasteiger partial charge on any atom is -0.495 e. The molecule has 0 radical (unpaired) electrons. The molecule has 1 saturated heterocycles. The second-order valence-electron chi connectivity index (χ2n) is 11.0. The van der Waals surface area contributed by atoms with Crippen LogP contribution in [0, 0.1) is 13.8 Å².